The summed E-state index contributed by atoms with van der Waals surface area (Å²) in [5.74, 6) is -0.135. The molecule has 0 heterocycles. The van der Waals surface area contributed by atoms with Gasteiger partial charge in [-0.15, -0.1) is 12.4 Å². The van der Waals surface area contributed by atoms with Gasteiger partial charge in [0.15, 0.2) is 0 Å². The molecule has 9 heteroatoms. The van der Waals surface area contributed by atoms with E-state index in [0.717, 1.165) is 9.79 Å². The number of carbonyl (C=O) groups excluding carboxylic acids is 1. The maximum absolute atomic E-state index is 12.5. The molecule has 0 aromatic heterocycles. The zero-order valence-corrected chi connectivity index (χ0v) is 17.8. The van der Waals surface area contributed by atoms with Gasteiger partial charge in [0, 0.05) is 22.4 Å². The van der Waals surface area contributed by atoms with Gasteiger partial charge >= 0.3 is 0 Å². The zero-order chi connectivity index (χ0) is 19.2. The van der Waals surface area contributed by atoms with E-state index in [4.69, 9.17) is 0 Å². The standard InChI is InChI=1S/C18H23N3O3S2.ClH/c1-13(19-2)12-21-18(22)16-6-4-5-7-17(16)25-14-8-10-15(11-9-14)26(23,24)20-3;/h4-11,13,19-20H,12H2,1-3H3,(H,21,22);1H. The molecular weight excluding hydrogens is 406 g/mol. The molecule has 0 aliphatic heterocycles. The van der Waals surface area contributed by atoms with Gasteiger partial charge in [0.05, 0.1) is 10.5 Å². The predicted octanol–water partition coefficient (Wildman–Crippen LogP) is 2.51. The third kappa shape index (κ3) is 6.51. The highest BCUT2D eigenvalue weighted by Crippen LogP contribution is 2.31. The van der Waals surface area contributed by atoms with E-state index in [-0.39, 0.29) is 29.3 Å². The quantitative estimate of drug-likeness (QED) is 0.600. The average Bonchev–Trinajstić information content (AvgIpc) is 2.66. The highest BCUT2D eigenvalue weighted by Gasteiger charge is 2.14. The maximum Gasteiger partial charge on any atom is 0.252 e. The van der Waals surface area contributed by atoms with Gasteiger partial charge in [0.2, 0.25) is 10.0 Å². The zero-order valence-electron chi connectivity index (χ0n) is 15.4. The number of hydrogen-bond donors (Lipinski definition) is 3. The highest BCUT2D eigenvalue weighted by molar-refractivity contribution is 7.99. The van der Waals surface area contributed by atoms with Gasteiger partial charge in [-0.1, -0.05) is 23.9 Å². The van der Waals surface area contributed by atoms with Gasteiger partial charge in [-0.3, -0.25) is 4.79 Å². The number of benzene rings is 2. The van der Waals surface area contributed by atoms with Crippen molar-refractivity contribution in [3.8, 4) is 0 Å². The smallest absolute Gasteiger partial charge is 0.252 e. The third-order valence-corrected chi connectivity index (χ3v) is 6.34. The molecular formula is C18H24ClN3O3S2. The minimum atomic E-state index is -3.46. The summed E-state index contributed by atoms with van der Waals surface area (Å²) < 4.78 is 25.9. The van der Waals surface area contributed by atoms with E-state index >= 15 is 0 Å². The molecule has 0 bridgehead atoms. The van der Waals surface area contributed by atoms with Gasteiger partial charge in [-0.05, 0) is 57.4 Å². The van der Waals surface area contributed by atoms with Crippen LogP contribution in [0.25, 0.3) is 0 Å². The Morgan fingerprint density at radius 2 is 1.70 bits per heavy atom. The van der Waals surface area contributed by atoms with Crippen LogP contribution in [-0.4, -0.2) is 41.0 Å². The average molecular weight is 430 g/mol. The molecule has 0 fully saturated rings. The van der Waals surface area contributed by atoms with Crippen molar-refractivity contribution in [1.82, 2.24) is 15.4 Å². The predicted molar refractivity (Wildman–Crippen MR) is 111 cm³/mol. The number of nitrogens with one attached hydrogen (secondary N) is 3. The summed E-state index contributed by atoms with van der Waals surface area (Å²) in [5.41, 5.74) is 0.590. The second kappa shape index (κ2) is 10.7. The number of amides is 1. The first kappa shape index (κ1) is 23.5. The molecule has 0 saturated carbocycles. The van der Waals surface area contributed by atoms with Crippen LogP contribution < -0.4 is 15.4 Å². The van der Waals surface area contributed by atoms with E-state index in [1.807, 2.05) is 32.2 Å². The van der Waals surface area contributed by atoms with Gasteiger partial charge in [-0.2, -0.15) is 0 Å². The van der Waals surface area contributed by atoms with E-state index in [1.54, 1.807) is 30.3 Å². The Labute approximate surface area is 171 Å². The van der Waals surface area contributed by atoms with Crippen LogP contribution in [0.15, 0.2) is 63.2 Å². The number of sulfonamides is 1. The van der Waals surface area contributed by atoms with Gasteiger partial charge in [0.1, 0.15) is 0 Å². The molecule has 1 amide bonds. The highest BCUT2D eigenvalue weighted by atomic mass is 35.5. The molecule has 0 spiro atoms. The molecule has 3 N–H and O–H groups in total. The molecule has 2 aromatic rings. The first-order valence-electron chi connectivity index (χ1n) is 8.13. The molecule has 2 aromatic carbocycles. The number of hydrogen-bond acceptors (Lipinski definition) is 5. The van der Waals surface area contributed by atoms with Crippen molar-refractivity contribution in [1.29, 1.82) is 0 Å². The normalized spacial score (nSPS) is 12.1. The molecule has 148 valence electrons. The van der Waals surface area contributed by atoms with E-state index in [2.05, 4.69) is 15.4 Å². The van der Waals surface area contributed by atoms with Crippen molar-refractivity contribution in [3.05, 3.63) is 54.1 Å². The molecule has 1 unspecified atom stereocenters. The van der Waals surface area contributed by atoms with E-state index in [9.17, 15) is 13.2 Å². The van der Waals surface area contributed by atoms with Crippen molar-refractivity contribution in [2.75, 3.05) is 20.6 Å². The summed E-state index contributed by atoms with van der Waals surface area (Å²) in [4.78, 5) is 14.3. The van der Waals surface area contributed by atoms with Crippen LogP contribution in [0.2, 0.25) is 0 Å². The summed E-state index contributed by atoms with van der Waals surface area (Å²) in [6.07, 6.45) is 0. The van der Waals surface area contributed by atoms with Crippen LogP contribution in [0.5, 0.6) is 0 Å². The fourth-order valence-electron chi connectivity index (χ4n) is 2.12. The Morgan fingerprint density at radius 3 is 2.30 bits per heavy atom. The Balaban J connectivity index is 0.00000364. The number of carbonyl (C=O) groups is 1. The Kier molecular flexibility index (Phi) is 9.28. The summed E-state index contributed by atoms with van der Waals surface area (Å²) >= 11 is 1.42. The van der Waals surface area contributed by atoms with Crippen molar-refractivity contribution in [2.45, 2.75) is 27.7 Å². The first-order chi connectivity index (χ1) is 12.4. The number of rotatable bonds is 8. The van der Waals surface area contributed by atoms with Crippen LogP contribution in [0, 0.1) is 0 Å². The molecule has 2 rings (SSSR count). The fourth-order valence-corrected chi connectivity index (χ4v) is 3.79. The molecule has 0 radical (unpaired) electrons. The number of likely N-dealkylation sites (N-methyl/N-ethyl adjacent to an activating group) is 1. The van der Waals surface area contributed by atoms with Crippen molar-refractivity contribution < 1.29 is 13.2 Å². The summed E-state index contributed by atoms with van der Waals surface area (Å²) in [6.45, 7) is 2.52. The first-order valence-corrected chi connectivity index (χ1v) is 10.4. The Morgan fingerprint density at radius 1 is 1.07 bits per heavy atom. The molecule has 27 heavy (non-hydrogen) atoms. The molecule has 0 saturated heterocycles. The summed E-state index contributed by atoms with van der Waals surface area (Å²) in [7, 11) is -0.234. The number of halogens is 1. The summed E-state index contributed by atoms with van der Waals surface area (Å²) in [5, 5.41) is 5.98. The Hall–Kier alpha value is -1.58. The van der Waals surface area contributed by atoms with Crippen LogP contribution >= 0.6 is 24.2 Å². The lowest BCUT2D eigenvalue weighted by Crippen LogP contribution is -2.37. The van der Waals surface area contributed by atoms with E-state index in [0.29, 0.717) is 12.1 Å². The minimum Gasteiger partial charge on any atom is -0.350 e. The van der Waals surface area contributed by atoms with Gasteiger partial charge in [-0.25, -0.2) is 13.1 Å². The van der Waals surface area contributed by atoms with Gasteiger partial charge in [0.25, 0.3) is 5.91 Å². The second-order valence-corrected chi connectivity index (χ2v) is 8.68. The van der Waals surface area contributed by atoms with Crippen molar-refractivity contribution >= 4 is 40.1 Å². The van der Waals surface area contributed by atoms with Crippen LogP contribution in [0.1, 0.15) is 17.3 Å². The lowest BCUT2D eigenvalue weighted by Gasteiger charge is -2.13. The lowest BCUT2D eigenvalue weighted by molar-refractivity contribution is 0.0947. The third-order valence-electron chi connectivity index (χ3n) is 3.82. The van der Waals surface area contributed by atoms with Crippen LogP contribution in [-0.2, 0) is 10.0 Å². The van der Waals surface area contributed by atoms with Gasteiger partial charge < -0.3 is 10.6 Å². The van der Waals surface area contributed by atoms with E-state index < -0.39 is 10.0 Å². The Bertz CT molecular complexity index is 858. The second-order valence-electron chi connectivity index (χ2n) is 5.68. The molecule has 0 aliphatic rings. The minimum absolute atomic E-state index is 0. The summed E-state index contributed by atoms with van der Waals surface area (Å²) in [6, 6.07) is 14.1. The molecule has 1 atom stereocenters. The molecule has 6 nitrogen and oxygen atoms in total. The monoisotopic (exact) mass is 429 g/mol. The van der Waals surface area contributed by atoms with Crippen LogP contribution in [0.4, 0.5) is 0 Å². The molecule has 0 aliphatic carbocycles. The topological polar surface area (TPSA) is 87.3 Å². The maximum atomic E-state index is 12.5. The van der Waals surface area contributed by atoms with Crippen molar-refractivity contribution in [3.63, 3.8) is 0 Å². The lowest BCUT2D eigenvalue weighted by atomic mass is 10.2. The largest absolute Gasteiger partial charge is 0.350 e. The van der Waals surface area contributed by atoms with E-state index in [1.165, 1.54) is 18.8 Å². The SMILES string of the molecule is CNC(C)CNC(=O)c1ccccc1Sc1ccc(S(=O)(=O)NC)cc1.Cl. The van der Waals surface area contributed by atoms with Crippen LogP contribution in [0.3, 0.4) is 0 Å². The van der Waals surface area contributed by atoms with Crippen molar-refractivity contribution in [2.24, 2.45) is 0 Å². The fraction of sp³-hybridized carbons (Fsp3) is 0.278.